The van der Waals surface area contributed by atoms with Crippen molar-refractivity contribution in [2.75, 3.05) is 20.1 Å². The van der Waals surface area contributed by atoms with Crippen LogP contribution in [0.4, 0.5) is 0 Å². The van der Waals surface area contributed by atoms with Gasteiger partial charge < -0.3 is 47.2 Å². The SMILES string of the molecule is CCCC1CCC(c2ccc(-c3ccc(C(=O)NCCC(=O)N[C@@H](CCCCN)C(=O)N(C)[C@@H]4C(=O)N[C@@H](C)C(=O)N[C@H](C(=O)O)Cc5ccc(O)c(c5)-c5cc4ccc5O)cc3)cc2)CC1. The van der Waals surface area contributed by atoms with Gasteiger partial charge in [-0.2, -0.15) is 0 Å². The van der Waals surface area contributed by atoms with Gasteiger partial charge in [-0.15, -0.1) is 0 Å². The number of hydrogen-bond acceptors (Lipinski definition) is 9. The molecule has 356 valence electrons. The second-order valence-electron chi connectivity index (χ2n) is 17.9. The Morgan fingerprint density at radius 3 is 2.07 bits per heavy atom. The van der Waals surface area contributed by atoms with Crippen LogP contribution in [0.3, 0.4) is 0 Å². The summed E-state index contributed by atoms with van der Waals surface area (Å²) in [5.74, 6) is -3.52. The van der Waals surface area contributed by atoms with E-state index in [2.05, 4.69) is 52.5 Å². The number of unbranched alkanes of at least 4 members (excludes halogenated alkanes) is 1. The van der Waals surface area contributed by atoms with Crippen LogP contribution in [0.1, 0.15) is 117 Å². The summed E-state index contributed by atoms with van der Waals surface area (Å²) >= 11 is 0. The first-order valence-corrected chi connectivity index (χ1v) is 23.4. The van der Waals surface area contributed by atoms with Gasteiger partial charge in [0.15, 0.2) is 0 Å². The molecule has 4 aromatic rings. The summed E-state index contributed by atoms with van der Waals surface area (Å²) in [5.41, 5.74) is 10.5. The van der Waals surface area contributed by atoms with Crippen LogP contribution < -0.4 is 27.0 Å². The van der Waals surface area contributed by atoms with Crippen LogP contribution in [0.15, 0.2) is 84.9 Å². The van der Waals surface area contributed by atoms with Gasteiger partial charge in [0.05, 0.1) is 0 Å². The first-order chi connectivity index (χ1) is 32.2. The fourth-order valence-corrected chi connectivity index (χ4v) is 9.24. The second-order valence-corrected chi connectivity index (χ2v) is 17.9. The minimum absolute atomic E-state index is 0.0220. The summed E-state index contributed by atoms with van der Waals surface area (Å²) in [4.78, 5) is 81.8. The average Bonchev–Trinajstić information content (AvgIpc) is 3.32. The van der Waals surface area contributed by atoms with Crippen molar-refractivity contribution in [2.24, 2.45) is 11.7 Å². The van der Waals surface area contributed by atoms with Crippen molar-refractivity contribution in [3.8, 4) is 33.8 Å². The van der Waals surface area contributed by atoms with Gasteiger partial charge in [-0.25, -0.2) is 4.79 Å². The van der Waals surface area contributed by atoms with Crippen molar-refractivity contribution in [3.63, 3.8) is 0 Å². The van der Waals surface area contributed by atoms with Crippen molar-refractivity contribution < 1.29 is 44.1 Å². The van der Waals surface area contributed by atoms with Crippen molar-refractivity contribution in [1.82, 2.24) is 26.2 Å². The predicted octanol–water partition coefficient (Wildman–Crippen LogP) is 6.07. The van der Waals surface area contributed by atoms with Crippen LogP contribution in [-0.4, -0.2) is 94.0 Å². The van der Waals surface area contributed by atoms with Gasteiger partial charge in [0.2, 0.25) is 23.6 Å². The van der Waals surface area contributed by atoms with E-state index in [4.69, 9.17) is 5.73 Å². The highest BCUT2D eigenvalue weighted by molar-refractivity contribution is 5.97. The summed E-state index contributed by atoms with van der Waals surface area (Å²) in [6.07, 6.45) is 8.47. The first-order valence-electron chi connectivity index (χ1n) is 23.4. The van der Waals surface area contributed by atoms with Crippen molar-refractivity contribution in [3.05, 3.63) is 107 Å². The number of amides is 5. The molecule has 0 aromatic heterocycles. The monoisotopic (exact) mass is 916 g/mol. The minimum atomic E-state index is -1.44. The third-order valence-corrected chi connectivity index (χ3v) is 13.1. The number of nitrogens with two attached hydrogens (primary N) is 1. The highest BCUT2D eigenvalue weighted by Crippen LogP contribution is 2.40. The van der Waals surface area contributed by atoms with E-state index in [1.54, 1.807) is 12.1 Å². The Bertz CT molecular complexity index is 2400. The molecule has 1 aliphatic carbocycles. The highest BCUT2D eigenvalue weighted by Gasteiger charge is 2.36. The molecule has 67 heavy (non-hydrogen) atoms. The number of carbonyl (C=O) groups excluding carboxylic acids is 5. The summed E-state index contributed by atoms with van der Waals surface area (Å²) in [5, 5.41) is 42.4. The van der Waals surface area contributed by atoms with Gasteiger partial charge in [-0.1, -0.05) is 68.3 Å². The normalized spacial score (nSPS) is 20.0. The number of carbonyl (C=O) groups is 6. The minimum Gasteiger partial charge on any atom is -0.507 e. The van der Waals surface area contributed by atoms with Crippen molar-refractivity contribution >= 4 is 35.5 Å². The molecular weight excluding hydrogens is 853 g/mol. The lowest BCUT2D eigenvalue weighted by atomic mass is 9.77. The summed E-state index contributed by atoms with van der Waals surface area (Å²) in [6, 6.07) is 19.3. The smallest absolute Gasteiger partial charge is 0.326 e. The number of hydrogen-bond donors (Lipinski definition) is 8. The van der Waals surface area contributed by atoms with E-state index < -0.39 is 53.8 Å². The molecular formula is C52H64N6O9. The molecule has 1 aliphatic heterocycles. The molecule has 4 bridgehead atoms. The third-order valence-electron chi connectivity index (χ3n) is 13.1. The standard InChI is InChI=1S/C52H64N6O9/c1-4-7-32-9-12-34(13-10-32)35-14-16-36(17-15-35)37-18-20-38(21-19-37)49(63)54-27-25-46(61)56-42(8-5-6-26-53)51(65)58(3)47-39-22-24-45(60)41(30-39)40-28-33(11-23-44(40)59)29-43(52(66)67)57-48(62)31(2)55-50(47)64/h11,14-24,28,30-32,34,42-43,47,59-60H,4-10,12-13,25-27,29,53H2,1-3H3,(H,54,63)(H,55,64)(H,56,61)(H,57,62)(H,66,67)/t31-,32?,34?,42-,43-,47-/m0/s1. The molecule has 6 rings (SSSR count). The lowest BCUT2D eigenvalue weighted by molar-refractivity contribution is -0.144. The Morgan fingerprint density at radius 2 is 1.43 bits per heavy atom. The lowest BCUT2D eigenvalue weighted by Crippen LogP contribution is -2.54. The number of aromatic hydroxyl groups is 2. The quantitative estimate of drug-likeness (QED) is 0.0604. The topological polar surface area (TPSA) is 240 Å². The first kappa shape index (κ1) is 49.7. The number of rotatable bonds is 16. The van der Waals surface area contributed by atoms with E-state index in [0.717, 1.165) is 21.9 Å². The molecule has 9 N–H and O–H groups in total. The molecule has 4 aromatic carbocycles. The molecule has 0 radical (unpaired) electrons. The largest absolute Gasteiger partial charge is 0.507 e. The van der Waals surface area contributed by atoms with Crippen LogP contribution in [-0.2, 0) is 30.4 Å². The van der Waals surface area contributed by atoms with Gasteiger partial charge in [0.1, 0.15) is 35.7 Å². The number of carboxylic acid groups (broad SMARTS) is 1. The molecule has 0 spiro atoms. The Labute approximate surface area is 391 Å². The molecule has 15 heteroatoms. The van der Waals surface area contributed by atoms with E-state index in [1.165, 1.54) is 94.5 Å². The maximum Gasteiger partial charge on any atom is 0.326 e. The summed E-state index contributed by atoms with van der Waals surface area (Å²) in [6.45, 7) is 3.95. The zero-order chi connectivity index (χ0) is 48.2. The zero-order valence-electron chi connectivity index (χ0n) is 38.6. The van der Waals surface area contributed by atoms with Crippen LogP contribution in [0.2, 0.25) is 0 Å². The molecule has 1 heterocycles. The molecule has 2 aliphatic rings. The van der Waals surface area contributed by atoms with Gasteiger partial charge in [-0.05, 0) is 134 Å². The number of nitrogens with zero attached hydrogens (tertiary/aromatic N) is 1. The molecule has 0 saturated heterocycles. The molecule has 1 fully saturated rings. The van der Waals surface area contributed by atoms with Crippen LogP contribution >= 0.6 is 0 Å². The highest BCUT2D eigenvalue weighted by atomic mass is 16.4. The van der Waals surface area contributed by atoms with E-state index in [9.17, 15) is 44.1 Å². The fourth-order valence-electron chi connectivity index (χ4n) is 9.24. The van der Waals surface area contributed by atoms with Gasteiger partial charge >= 0.3 is 5.97 Å². The number of nitrogens with one attached hydrogen (secondary N) is 4. The van der Waals surface area contributed by atoms with E-state index in [0.29, 0.717) is 36.4 Å². The van der Waals surface area contributed by atoms with Crippen molar-refractivity contribution in [2.45, 2.75) is 115 Å². The number of likely N-dealkylation sites (N-methyl/N-ethyl adjacent to an activating group) is 1. The predicted molar refractivity (Wildman–Crippen MR) is 255 cm³/mol. The summed E-state index contributed by atoms with van der Waals surface area (Å²) in [7, 11) is 1.37. The molecule has 5 amide bonds. The van der Waals surface area contributed by atoms with E-state index >= 15 is 0 Å². The lowest BCUT2D eigenvalue weighted by Gasteiger charge is -2.32. The Kier molecular flexibility index (Phi) is 17.2. The number of aliphatic carboxylic acids is 1. The Hall–Kier alpha value is -6.74. The van der Waals surface area contributed by atoms with Crippen LogP contribution in [0.25, 0.3) is 22.3 Å². The number of carboxylic acids is 1. The average molecular weight is 917 g/mol. The maximum atomic E-state index is 14.4. The van der Waals surface area contributed by atoms with E-state index in [1.807, 2.05) is 12.1 Å². The fraction of sp³-hybridized carbons (Fsp3) is 0.423. The molecule has 15 nitrogen and oxygen atoms in total. The second kappa shape index (κ2) is 23.1. The Balaban J connectivity index is 1.12. The zero-order valence-corrected chi connectivity index (χ0v) is 38.6. The van der Waals surface area contributed by atoms with Crippen LogP contribution in [0.5, 0.6) is 11.5 Å². The number of phenols is 2. The Morgan fingerprint density at radius 1 is 0.806 bits per heavy atom. The summed E-state index contributed by atoms with van der Waals surface area (Å²) < 4.78 is 0. The number of benzene rings is 4. The third kappa shape index (κ3) is 12.8. The van der Waals surface area contributed by atoms with Gasteiger partial charge in [-0.3, -0.25) is 24.0 Å². The molecule has 0 unspecified atom stereocenters. The maximum absolute atomic E-state index is 14.4. The number of fused-ring (bicyclic) bond motifs is 5. The number of phenolic OH excluding ortho intramolecular Hbond substituents is 2. The molecule has 4 atom stereocenters. The van der Waals surface area contributed by atoms with Crippen molar-refractivity contribution in [1.29, 1.82) is 0 Å². The van der Waals surface area contributed by atoms with Gasteiger partial charge in [0.25, 0.3) is 5.91 Å². The van der Waals surface area contributed by atoms with Crippen LogP contribution in [0, 0.1) is 5.92 Å². The van der Waals surface area contributed by atoms with E-state index in [-0.39, 0.29) is 59.9 Å². The molecule has 1 saturated carbocycles. The van der Waals surface area contributed by atoms with Gasteiger partial charge in [0, 0.05) is 43.1 Å².